The van der Waals surface area contributed by atoms with Crippen LogP contribution in [0.15, 0.2) is 96.4 Å². The van der Waals surface area contributed by atoms with Crippen LogP contribution in [0.25, 0.3) is 16.7 Å². The Bertz CT molecular complexity index is 1020. The van der Waals surface area contributed by atoms with Gasteiger partial charge in [0.25, 0.3) is 0 Å². The van der Waals surface area contributed by atoms with Crippen molar-refractivity contribution in [3.63, 3.8) is 0 Å². The fourth-order valence-corrected chi connectivity index (χ4v) is 3.58. The van der Waals surface area contributed by atoms with E-state index < -0.39 is 0 Å². The number of benzene rings is 3. The monoisotopic (exact) mass is 353 g/mol. The molecule has 2 N–H and O–H groups in total. The van der Waals surface area contributed by atoms with Crippen LogP contribution in [0.1, 0.15) is 24.0 Å². The Morgan fingerprint density at radius 3 is 2.37 bits per heavy atom. The van der Waals surface area contributed by atoms with Crippen molar-refractivity contribution in [3.05, 3.63) is 108 Å². The molecule has 1 aliphatic carbocycles. The molecular weight excluding hydrogens is 330 g/mol. The number of allylic oxidation sites excluding steroid dienone is 2. The first-order chi connectivity index (χ1) is 13.2. The predicted octanol–water partition coefficient (Wildman–Crippen LogP) is 6.72. The van der Waals surface area contributed by atoms with E-state index in [2.05, 4.69) is 66.8 Å². The highest BCUT2D eigenvalue weighted by Crippen LogP contribution is 2.34. The van der Waals surface area contributed by atoms with E-state index in [0.717, 1.165) is 35.4 Å². The van der Waals surface area contributed by atoms with Crippen LogP contribution in [-0.4, -0.2) is 5.11 Å². The van der Waals surface area contributed by atoms with Crippen LogP contribution in [0.2, 0.25) is 0 Å². The second kappa shape index (κ2) is 7.55. The van der Waals surface area contributed by atoms with Gasteiger partial charge in [-0.05, 0) is 60.2 Å². The van der Waals surface area contributed by atoms with Crippen molar-refractivity contribution in [2.75, 3.05) is 5.32 Å². The Labute approximate surface area is 160 Å². The van der Waals surface area contributed by atoms with Crippen LogP contribution >= 0.6 is 0 Å². The van der Waals surface area contributed by atoms with Crippen LogP contribution < -0.4 is 5.32 Å². The molecule has 0 bridgehead atoms. The first kappa shape index (κ1) is 17.2. The molecule has 2 heteroatoms. The van der Waals surface area contributed by atoms with Crippen LogP contribution in [0.5, 0.6) is 0 Å². The summed E-state index contributed by atoms with van der Waals surface area (Å²) < 4.78 is 0. The van der Waals surface area contributed by atoms with Gasteiger partial charge in [0.1, 0.15) is 5.76 Å². The van der Waals surface area contributed by atoms with Crippen molar-refractivity contribution in [2.45, 2.75) is 19.8 Å². The Morgan fingerprint density at radius 1 is 0.815 bits per heavy atom. The lowest BCUT2D eigenvalue weighted by Crippen LogP contribution is -2.08. The average Bonchev–Trinajstić information content (AvgIpc) is 2.71. The minimum Gasteiger partial charge on any atom is -0.505 e. The van der Waals surface area contributed by atoms with Crippen molar-refractivity contribution >= 4 is 11.3 Å². The van der Waals surface area contributed by atoms with Gasteiger partial charge in [0.2, 0.25) is 0 Å². The van der Waals surface area contributed by atoms with Gasteiger partial charge in [0.05, 0.1) is 5.70 Å². The summed E-state index contributed by atoms with van der Waals surface area (Å²) >= 11 is 0. The molecule has 0 saturated carbocycles. The number of aliphatic hydroxyl groups excluding tert-OH is 1. The molecule has 0 fully saturated rings. The SMILES string of the molecule is Cc1ccccc1-c1cccc(C2=C(O)C(Nc3ccccc3)=CCC2)c1. The maximum Gasteiger partial charge on any atom is 0.142 e. The van der Waals surface area contributed by atoms with E-state index in [1.165, 1.54) is 16.7 Å². The lowest BCUT2D eigenvalue weighted by molar-refractivity contribution is 0.422. The maximum absolute atomic E-state index is 10.9. The molecule has 0 amide bonds. The Kier molecular flexibility index (Phi) is 4.80. The second-order valence-electron chi connectivity index (χ2n) is 6.87. The molecule has 134 valence electrons. The molecule has 0 spiro atoms. The lowest BCUT2D eigenvalue weighted by Gasteiger charge is -2.20. The molecule has 0 saturated heterocycles. The van der Waals surface area contributed by atoms with Gasteiger partial charge in [0, 0.05) is 11.3 Å². The first-order valence-corrected chi connectivity index (χ1v) is 9.33. The van der Waals surface area contributed by atoms with E-state index in [-0.39, 0.29) is 0 Å². The smallest absolute Gasteiger partial charge is 0.142 e. The molecule has 27 heavy (non-hydrogen) atoms. The van der Waals surface area contributed by atoms with Gasteiger partial charge >= 0.3 is 0 Å². The zero-order valence-corrected chi connectivity index (χ0v) is 15.4. The van der Waals surface area contributed by atoms with Gasteiger partial charge in [-0.2, -0.15) is 0 Å². The third-order valence-electron chi connectivity index (χ3n) is 5.00. The van der Waals surface area contributed by atoms with Crippen LogP contribution in [0.3, 0.4) is 0 Å². The van der Waals surface area contributed by atoms with Crippen molar-refractivity contribution in [2.24, 2.45) is 0 Å². The largest absolute Gasteiger partial charge is 0.505 e. The molecule has 3 aromatic carbocycles. The summed E-state index contributed by atoms with van der Waals surface area (Å²) in [5.41, 5.74) is 7.49. The van der Waals surface area contributed by atoms with Gasteiger partial charge in [-0.3, -0.25) is 0 Å². The number of para-hydroxylation sites is 1. The molecule has 4 rings (SSSR count). The number of aryl methyl sites for hydroxylation is 1. The summed E-state index contributed by atoms with van der Waals surface area (Å²) in [5, 5.41) is 14.2. The number of hydrogen-bond donors (Lipinski definition) is 2. The summed E-state index contributed by atoms with van der Waals surface area (Å²) in [4.78, 5) is 0. The Balaban J connectivity index is 1.68. The normalized spacial score (nSPS) is 14.0. The van der Waals surface area contributed by atoms with E-state index >= 15 is 0 Å². The third-order valence-corrected chi connectivity index (χ3v) is 5.00. The van der Waals surface area contributed by atoms with E-state index in [0.29, 0.717) is 5.76 Å². The zero-order chi connectivity index (χ0) is 18.6. The number of hydrogen-bond acceptors (Lipinski definition) is 2. The highest BCUT2D eigenvalue weighted by atomic mass is 16.3. The van der Waals surface area contributed by atoms with Crippen LogP contribution in [-0.2, 0) is 0 Å². The summed E-state index contributed by atoms with van der Waals surface area (Å²) in [5.74, 6) is 0.340. The lowest BCUT2D eigenvalue weighted by atomic mass is 9.91. The quantitative estimate of drug-likeness (QED) is 0.545. The first-order valence-electron chi connectivity index (χ1n) is 9.33. The van der Waals surface area contributed by atoms with E-state index in [1.807, 2.05) is 30.3 Å². The summed E-state index contributed by atoms with van der Waals surface area (Å²) in [6.07, 6.45) is 3.81. The van der Waals surface area contributed by atoms with Crippen LogP contribution in [0, 0.1) is 6.92 Å². The van der Waals surface area contributed by atoms with Crippen LogP contribution in [0.4, 0.5) is 5.69 Å². The van der Waals surface area contributed by atoms with Gasteiger partial charge in [-0.15, -0.1) is 0 Å². The van der Waals surface area contributed by atoms with E-state index in [1.54, 1.807) is 0 Å². The number of anilines is 1. The van der Waals surface area contributed by atoms with E-state index in [4.69, 9.17) is 0 Å². The minimum atomic E-state index is 0.340. The fraction of sp³-hybridized carbons (Fsp3) is 0.120. The zero-order valence-electron chi connectivity index (χ0n) is 15.4. The molecule has 0 radical (unpaired) electrons. The Morgan fingerprint density at radius 2 is 1.56 bits per heavy atom. The molecule has 3 aromatic rings. The maximum atomic E-state index is 10.9. The molecule has 0 unspecified atom stereocenters. The highest BCUT2D eigenvalue weighted by molar-refractivity contribution is 5.78. The topological polar surface area (TPSA) is 32.3 Å². The van der Waals surface area contributed by atoms with Crippen molar-refractivity contribution in [1.29, 1.82) is 0 Å². The fourth-order valence-electron chi connectivity index (χ4n) is 3.58. The van der Waals surface area contributed by atoms with Gasteiger partial charge in [-0.25, -0.2) is 0 Å². The molecule has 2 nitrogen and oxygen atoms in total. The minimum absolute atomic E-state index is 0.340. The Hall–Kier alpha value is -3.26. The predicted molar refractivity (Wildman–Crippen MR) is 114 cm³/mol. The number of rotatable bonds is 4. The second-order valence-corrected chi connectivity index (χ2v) is 6.87. The van der Waals surface area contributed by atoms with Crippen molar-refractivity contribution in [1.82, 2.24) is 0 Å². The van der Waals surface area contributed by atoms with Gasteiger partial charge in [-0.1, -0.05) is 66.7 Å². The molecular formula is C25H23NO. The number of aliphatic hydroxyl groups is 1. The molecule has 0 aliphatic heterocycles. The molecule has 0 atom stereocenters. The highest BCUT2D eigenvalue weighted by Gasteiger charge is 2.17. The van der Waals surface area contributed by atoms with Gasteiger partial charge < -0.3 is 10.4 Å². The third kappa shape index (κ3) is 3.65. The molecule has 1 aliphatic rings. The van der Waals surface area contributed by atoms with Crippen molar-refractivity contribution in [3.8, 4) is 11.1 Å². The number of nitrogens with one attached hydrogen (secondary N) is 1. The standard InChI is InChI=1S/C25H23NO/c1-18-9-5-6-14-22(18)19-10-7-11-20(17-19)23-15-8-16-24(25(23)27)26-21-12-3-2-4-13-21/h2-7,9-14,16-17,26-27H,8,15H2,1H3. The summed E-state index contributed by atoms with van der Waals surface area (Å²) in [7, 11) is 0. The average molecular weight is 353 g/mol. The summed E-state index contributed by atoms with van der Waals surface area (Å²) in [6, 6.07) is 26.8. The molecule has 0 heterocycles. The summed E-state index contributed by atoms with van der Waals surface area (Å²) in [6.45, 7) is 2.13. The van der Waals surface area contributed by atoms with E-state index in [9.17, 15) is 5.11 Å². The van der Waals surface area contributed by atoms with Crippen molar-refractivity contribution < 1.29 is 5.11 Å². The molecule has 0 aromatic heterocycles. The van der Waals surface area contributed by atoms with Gasteiger partial charge in [0.15, 0.2) is 0 Å².